The van der Waals surface area contributed by atoms with Crippen molar-refractivity contribution in [3.05, 3.63) is 0 Å². The molecule has 32 heavy (non-hydrogen) atoms. The first-order valence-electron chi connectivity index (χ1n) is 11.9. The molecule has 3 rings (SSSR count). The Balaban J connectivity index is 2.01. The van der Waals surface area contributed by atoms with Gasteiger partial charge in [0.05, 0.1) is 17.4 Å². The first-order valence-corrected chi connectivity index (χ1v) is 11.9. The molecule has 1 spiro atoms. The van der Waals surface area contributed by atoms with E-state index < -0.39 is 34.6 Å². The lowest BCUT2D eigenvalue weighted by Crippen LogP contribution is -2.59. The Morgan fingerprint density at radius 1 is 1.19 bits per heavy atom. The van der Waals surface area contributed by atoms with E-state index in [-0.39, 0.29) is 36.3 Å². The zero-order valence-electron chi connectivity index (χ0n) is 20.7. The molecule has 3 fully saturated rings. The first-order chi connectivity index (χ1) is 14.8. The molecule has 8 nitrogen and oxygen atoms in total. The first kappa shape index (κ1) is 25.0. The minimum atomic E-state index is -1.01. The van der Waals surface area contributed by atoms with Gasteiger partial charge >= 0.3 is 0 Å². The molecule has 3 aliphatic rings. The zero-order chi connectivity index (χ0) is 24.1. The molecule has 182 valence electrons. The predicted molar refractivity (Wildman–Crippen MR) is 121 cm³/mol. The Bertz CT molecular complexity index is 776. The molecule has 3 saturated heterocycles. The fraction of sp³-hybridized carbons (Fsp3) is 0.875. The number of carbonyl (C=O) groups excluding carboxylic acids is 3. The van der Waals surface area contributed by atoms with Crippen LogP contribution in [-0.2, 0) is 19.1 Å². The van der Waals surface area contributed by atoms with E-state index in [1.807, 2.05) is 20.8 Å². The van der Waals surface area contributed by atoms with E-state index in [1.165, 1.54) is 0 Å². The molecule has 3 N–H and O–H groups in total. The lowest BCUT2D eigenvalue weighted by molar-refractivity contribution is -0.148. The highest BCUT2D eigenvalue weighted by atomic mass is 16.5. The summed E-state index contributed by atoms with van der Waals surface area (Å²) in [5, 5.41) is 15.3. The van der Waals surface area contributed by atoms with Crippen LogP contribution < -0.4 is 10.6 Å². The third kappa shape index (κ3) is 3.94. The van der Waals surface area contributed by atoms with Crippen molar-refractivity contribution < 1.29 is 24.2 Å². The maximum atomic E-state index is 13.8. The van der Waals surface area contributed by atoms with Crippen LogP contribution in [0.15, 0.2) is 0 Å². The van der Waals surface area contributed by atoms with Crippen LogP contribution in [0.5, 0.6) is 0 Å². The van der Waals surface area contributed by atoms with Crippen LogP contribution in [0.25, 0.3) is 0 Å². The van der Waals surface area contributed by atoms with Gasteiger partial charge in [0.25, 0.3) is 0 Å². The second-order valence-electron chi connectivity index (χ2n) is 11.7. The normalized spacial score (nSPS) is 34.1. The largest absolute Gasteiger partial charge is 0.396 e. The van der Waals surface area contributed by atoms with Gasteiger partial charge in [-0.25, -0.2) is 0 Å². The highest BCUT2D eigenvalue weighted by Gasteiger charge is 2.78. The van der Waals surface area contributed by atoms with E-state index in [1.54, 1.807) is 11.9 Å². The predicted octanol–water partition coefficient (Wildman–Crippen LogP) is 1.60. The van der Waals surface area contributed by atoms with Crippen molar-refractivity contribution in [2.45, 2.75) is 96.4 Å². The van der Waals surface area contributed by atoms with Gasteiger partial charge in [-0.3, -0.25) is 14.4 Å². The van der Waals surface area contributed by atoms with E-state index in [0.717, 1.165) is 6.42 Å². The molecule has 2 unspecified atom stereocenters. The van der Waals surface area contributed by atoms with Crippen molar-refractivity contribution >= 4 is 17.7 Å². The molecule has 0 aromatic rings. The highest BCUT2D eigenvalue weighted by Crippen LogP contribution is 2.64. The monoisotopic (exact) mass is 451 g/mol. The quantitative estimate of drug-likeness (QED) is 0.520. The fourth-order valence-corrected chi connectivity index (χ4v) is 6.83. The van der Waals surface area contributed by atoms with Crippen molar-refractivity contribution in [2.75, 3.05) is 20.2 Å². The van der Waals surface area contributed by atoms with E-state index in [2.05, 4.69) is 31.4 Å². The number of fused-ring (bicyclic) bond motifs is 1. The Hall–Kier alpha value is -1.67. The van der Waals surface area contributed by atoms with Crippen LogP contribution in [0.2, 0.25) is 0 Å². The molecule has 3 amide bonds. The van der Waals surface area contributed by atoms with Gasteiger partial charge in [-0.2, -0.15) is 0 Å². The van der Waals surface area contributed by atoms with Crippen LogP contribution >= 0.6 is 0 Å². The summed E-state index contributed by atoms with van der Waals surface area (Å²) in [4.78, 5) is 42.0. The summed E-state index contributed by atoms with van der Waals surface area (Å²) in [6.45, 7) is 12.5. The molecule has 3 aliphatic heterocycles. The number of aliphatic hydroxyl groups is 1. The summed E-state index contributed by atoms with van der Waals surface area (Å²) in [5.74, 6) is -1.96. The Labute approximate surface area is 191 Å². The number of aliphatic hydroxyl groups excluding tert-OH is 1. The van der Waals surface area contributed by atoms with Gasteiger partial charge in [0.1, 0.15) is 11.6 Å². The number of ether oxygens (including phenoxy) is 1. The maximum absolute atomic E-state index is 13.8. The average molecular weight is 452 g/mol. The standard InChI is InChI=1S/C24H41N3O5/c1-8-23-10-11-24(32-23)16(15(23)18(29)25-7)20(31)27(12-9-13-28)17(24)19(30)26-22(5,6)14-21(2,3)4/h15-17,28H,8-14H2,1-7H3,(H,25,29)(H,26,30)/t15-,16+,17?,23+,24?/m1/s1. The van der Waals surface area contributed by atoms with Crippen molar-refractivity contribution in [2.24, 2.45) is 17.3 Å². The maximum Gasteiger partial charge on any atom is 0.246 e. The summed E-state index contributed by atoms with van der Waals surface area (Å²) < 4.78 is 6.64. The van der Waals surface area contributed by atoms with Gasteiger partial charge in [-0.15, -0.1) is 0 Å². The third-order valence-corrected chi connectivity index (χ3v) is 7.45. The number of likely N-dealkylation sites (tertiary alicyclic amines) is 1. The van der Waals surface area contributed by atoms with Gasteiger partial charge in [0, 0.05) is 25.7 Å². The van der Waals surface area contributed by atoms with E-state index in [4.69, 9.17) is 4.74 Å². The summed E-state index contributed by atoms with van der Waals surface area (Å²) in [5.41, 5.74) is -2.20. The number of hydrogen-bond acceptors (Lipinski definition) is 5. The molecule has 0 aliphatic carbocycles. The van der Waals surface area contributed by atoms with Gasteiger partial charge in [-0.05, 0) is 51.4 Å². The van der Waals surface area contributed by atoms with Crippen molar-refractivity contribution in [1.29, 1.82) is 0 Å². The van der Waals surface area contributed by atoms with Crippen LogP contribution in [0.4, 0.5) is 0 Å². The summed E-state index contributed by atoms with van der Waals surface area (Å²) >= 11 is 0. The molecule has 3 heterocycles. The minimum absolute atomic E-state index is 0.0125. The molecule has 8 heteroatoms. The number of hydrogen-bond donors (Lipinski definition) is 3. The molecule has 0 aromatic carbocycles. The third-order valence-electron chi connectivity index (χ3n) is 7.45. The molecule has 0 aromatic heterocycles. The average Bonchev–Trinajstić information content (AvgIpc) is 3.27. The summed E-state index contributed by atoms with van der Waals surface area (Å²) in [6.07, 6.45) is 2.96. The molecule has 0 radical (unpaired) electrons. The highest BCUT2D eigenvalue weighted by molar-refractivity contribution is 5.99. The second-order valence-corrected chi connectivity index (χ2v) is 11.7. The van der Waals surface area contributed by atoms with Crippen molar-refractivity contribution in [3.8, 4) is 0 Å². The number of nitrogens with zero attached hydrogens (tertiary/aromatic N) is 1. The van der Waals surface area contributed by atoms with Crippen molar-refractivity contribution in [1.82, 2.24) is 15.5 Å². The Kier molecular flexibility index (Phi) is 6.46. The number of nitrogens with one attached hydrogen (secondary N) is 2. The lowest BCUT2D eigenvalue weighted by atomic mass is 9.65. The number of carbonyl (C=O) groups is 3. The summed E-state index contributed by atoms with van der Waals surface area (Å²) in [6, 6.07) is -0.811. The van der Waals surface area contributed by atoms with E-state index in [0.29, 0.717) is 25.7 Å². The topological polar surface area (TPSA) is 108 Å². The zero-order valence-corrected chi connectivity index (χ0v) is 20.7. The Morgan fingerprint density at radius 3 is 2.38 bits per heavy atom. The Morgan fingerprint density at radius 2 is 1.84 bits per heavy atom. The van der Waals surface area contributed by atoms with E-state index in [9.17, 15) is 19.5 Å². The molecular formula is C24H41N3O5. The van der Waals surface area contributed by atoms with Crippen molar-refractivity contribution in [3.63, 3.8) is 0 Å². The fourth-order valence-electron chi connectivity index (χ4n) is 6.83. The minimum Gasteiger partial charge on any atom is -0.396 e. The molecular weight excluding hydrogens is 410 g/mol. The van der Waals surface area contributed by atoms with Gasteiger partial charge in [0.15, 0.2) is 0 Å². The van der Waals surface area contributed by atoms with Crippen LogP contribution in [-0.4, -0.2) is 70.7 Å². The summed E-state index contributed by atoms with van der Waals surface area (Å²) in [7, 11) is 1.58. The van der Waals surface area contributed by atoms with Gasteiger partial charge < -0.3 is 25.4 Å². The smallest absolute Gasteiger partial charge is 0.246 e. The van der Waals surface area contributed by atoms with Gasteiger partial charge in [0.2, 0.25) is 17.7 Å². The number of amides is 3. The van der Waals surface area contributed by atoms with Crippen LogP contribution in [0, 0.1) is 17.3 Å². The van der Waals surface area contributed by atoms with Crippen LogP contribution in [0.1, 0.15) is 73.6 Å². The van der Waals surface area contributed by atoms with Gasteiger partial charge in [-0.1, -0.05) is 27.7 Å². The second kappa shape index (κ2) is 8.28. The molecule has 2 bridgehead atoms. The van der Waals surface area contributed by atoms with E-state index >= 15 is 0 Å². The van der Waals surface area contributed by atoms with Crippen LogP contribution in [0.3, 0.4) is 0 Å². The lowest BCUT2D eigenvalue weighted by Gasteiger charge is -2.38. The molecule has 5 atom stereocenters. The SMILES string of the molecule is CC[C@@]12CCC3(O1)C(C(=O)NC(C)(C)CC(C)(C)C)N(CCCO)C(=O)[C@@H]3[C@@H]2C(=O)NC. The number of rotatable bonds is 8. The molecule has 0 saturated carbocycles.